The zero-order valence-corrected chi connectivity index (χ0v) is 14.9. The van der Waals surface area contributed by atoms with E-state index in [0.717, 1.165) is 59.2 Å². The van der Waals surface area contributed by atoms with E-state index in [1.54, 1.807) is 0 Å². The Hall–Kier alpha value is -2.39. The van der Waals surface area contributed by atoms with Gasteiger partial charge in [-0.3, -0.25) is 4.79 Å². The van der Waals surface area contributed by atoms with Gasteiger partial charge in [0.25, 0.3) is 5.91 Å². The Balaban J connectivity index is 1.94. The molecule has 1 aliphatic rings. The molecule has 0 spiro atoms. The molecule has 4 rings (SSSR count). The molecule has 0 unspecified atom stereocenters. The minimum Gasteiger partial charge on any atom is -0.339 e. The van der Waals surface area contributed by atoms with Crippen LogP contribution in [0.2, 0.25) is 5.02 Å². The summed E-state index contributed by atoms with van der Waals surface area (Å²) in [5.74, 6) is 0.115. The number of aromatic nitrogens is 1. The molecule has 1 saturated heterocycles. The molecule has 25 heavy (non-hydrogen) atoms. The van der Waals surface area contributed by atoms with E-state index in [0.29, 0.717) is 5.02 Å². The van der Waals surface area contributed by atoms with Crippen LogP contribution in [-0.4, -0.2) is 28.9 Å². The second kappa shape index (κ2) is 6.49. The third kappa shape index (κ3) is 2.89. The fraction of sp³-hybridized carbons (Fsp3) is 0.238. The van der Waals surface area contributed by atoms with Crippen LogP contribution in [0, 0.1) is 6.92 Å². The Kier molecular flexibility index (Phi) is 4.18. The highest BCUT2D eigenvalue weighted by atomic mass is 35.5. The van der Waals surface area contributed by atoms with E-state index in [4.69, 9.17) is 16.6 Å². The molecular weight excluding hydrogens is 332 g/mol. The smallest absolute Gasteiger partial charge is 0.254 e. The van der Waals surface area contributed by atoms with Crippen molar-refractivity contribution < 1.29 is 4.79 Å². The molecule has 0 radical (unpaired) electrons. The molecule has 3 aromatic rings. The molecule has 1 aliphatic heterocycles. The Morgan fingerprint density at radius 3 is 2.44 bits per heavy atom. The third-order valence-corrected chi connectivity index (χ3v) is 5.11. The van der Waals surface area contributed by atoms with Gasteiger partial charge in [-0.15, -0.1) is 0 Å². The quantitative estimate of drug-likeness (QED) is 0.644. The van der Waals surface area contributed by atoms with Crippen LogP contribution < -0.4 is 0 Å². The molecule has 3 nitrogen and oxygen atoms in total. The maximum absolute atomic E-state index is 13.2. The second-order valence-electron chi connectivity index (χ2n) is 6.48. The minimum absolute atomic E-state index is 0.115. The highest BCUT2D eigenvalue weighted by Crippen LogP contribution is 2.31. The summed E-state index contributed by atoms with van der Waals surface area (Å²) in [4.78, 5) is 20.0. The molecule has 0 aliphatic carbocycles. The van der Waals surface area contributed by atoms with Crippen LogP contribution in [0.25, 0.3) is 22.2 Å². The van der Waals surface area contributed by atoms with Gasteiger partial charge in [0.1, 0.15) is 0 Å². The first-order chi connectivity index (χ1) is 12.1. The maximum Gasteiger partial charge on any atom is 0.254 e. The molecule has 2 aromatic carbocycles. The normalized spacial score (nSPS) is 14.2. The average Bonchev–Trinajstić information content (AvgIpc) is 3.16. The molecule has 1 aromatic heterocycles. The number of rotatable bonds is 2. The van der Waals surface area contributed by atoms with Crippen molar-refractivity contribution in [2.75, 3.05) is 13.1 Å². The monoisotopic (exact) mass is 350 g/mol. The molecule has 126 valence electrons. The standard InChI is InChI=1S/C21H19ClN2O/c1-14-19(21(25)24-12-4-5-13-24)17-6-2-3-7-18(17)23-20(14)15-8-10-16(22)11-9-15/h2-3,6-11H,4-5,12-13H2,1H3. The molecule has 0 bridgehead atoms. The molecule has 4 heteroatoms. The van der Waals surface area contributed by atoms with Crippen LogP contribution >= 0.6 is 11.6 Å². The molecule has 2 heterocycles. The number of hydrogen-bond donors (Lipinski definition) is 0. The summed E-state index contributed by atoms with van der Waals surface area (Å²) < 4.78 is 0. The first-order valence-corrected chi connectivity index (χ1v) is 8.97. The van der Waals surface area contributed by atoms with Crippen molar-refractivity contribution in [2.24, 2.45) is 0 Å². The lowest BCUT2D eigenvalue weighted by Gasteiger charge is -2.20. The van der Waals surface area contributed by atoms with Crippen LogP contribution in [0.1, 0.15) is 28.8 Å². The largest absolute Gasteiger partial charge is 0.339 e. The van der Waals surface area contributed by atoms with Crippen molar-refractivity contribution in [3.05, 3.63) is 64.7 Å². The van der Waals surface area contributed by atoms with Gasteiger partial charge in [0.15, 0.2) is 0 Å². The fourth-order valence-electron chi connectivity index (χ4n) is 3.55. The number of nitrogens with zero attached hydrogens (tertiary/aromatic N) is 2. The van der Waals surface area contributed by atoms with Gasteiger partial charge in [-0.2, -0.15) is 0 Å². The summed E-state index contributed by atoms with van der Waals surface area (Å²) in [6, 6.07) is 15.5. The van der Waals surface area contributed by atoms with E-state index < -0.39 is 0 Å². The van der Waals surface area contributed by atoms with Crippen LogP contribution in [0.3, 0.4) is 0 Å². The molecule has 0 atom stereocenters. The minimum atomic E-state index is 0.115. The zero-order valence-electron chi connectivity index (χ0n) is 14.1. The summed E-state index contributed by atoms with van der Waals surface area (Å²) in [7, 11) is 0. The van der Waals surface area contributed by atoms with Crippen LogP contribution in [0.4, 0.5) is 0 Å². The topological polar surface area (TPSA) is 33.2 Å². The van der Waals surface area contributed by atoms with Gasteiger partial charge >= 0.3 is 0 Å². The number of carbonyl (C=O) groups is 1. The van der Waals surface area contributed by atoms with Crippen LogP contribution in [-0.2, 0) is 0 Å². The van der Waals surface area contributed by atoms with E-state index in [9.17, 15) is 4.79 Å². The Morgan fingerprint density at radius 2 is 1.72 bits per heavy atom. The third-order valence-electron chi connectivity index (χ3n) is 4.86. The van der Waals surface area contributed by atoms with Crippen molar-refractivity contribution in [1.82, 2.24) is 9.88 Å². The van der Waals surface area contributed by atoms with E-state index in [2.05, 4.69) is 0 Å². The van der Waals surface area contributed by atoms with Gasteiger partial charge in [0.05, 0.1) is 16.8 Å². The lowest BCUT2D eigenvalue weighted by Crippen LogP contribution is -2.28. The van der Waals surface area contributed by atoms with Crippen molar-refractivity contribution in [1.29, 1.82) is 0 Å². The number of para-hydroxylation sites is 1. The Labute approximate surface area is 152 Å². The summed E-state index contributed by atoms with van der Waals surface area (Å²) in [6.45, 7) is 3.67. The summed E-state index contributed by atoms with van der Waals surface area (Å²) in [5, 5.41) is 1.62. The summed E-state index contributed by atoms with van der Waals surface area (Å²) >= 11 is 6.02. The average molecular weight is 351 g/mol. The number of fused-ring (bicyclic) bond motifs is 1. The van der Waals surface area contributed by atoms with Gasteiger partial charge in [-0.05, 0) is 43.5 Å². The Bertz CT molecular complexity index is 944. The predicted octanol–water partition coefficient (Wildman–Crippen LogP) is 5.10. The van der Waals surface area contributed by atoms with Gasteiger partial charge in [-0.25, -0.2) is 4.98 Å². The van der Waals surface area contributed by atoms with E-state index >= 15 is 0 Å². The number of hydrogen-bond acceptors (Lipinski definition) is 2. The fourth-order valence-corrected chi connectivity index (χ4v) is 3.68. The van der Waals surface area contributed by atoms with Crippen molar-refractivity contribution in [3.8, 4) is 11.3 Å². The van der Waals surface area contributed by atoms with Gasteiger partial charge in [-0.1, -0.05) is 41.9 Å². The number of pyridine rings is 1. The highest BCUT2D eigenvalue weighted by molar-refractivity contribution is 6.30. The van der Waals surface area contributed by atoms with Gasteiger partial charge in [0.2, 0.25) is 0 Å². The summed E-state index contributed by atoms with van der Waals surface area (Å²) in [5.41, 5.74) is 4.37. The molecule has 1 amide bonds. The Morgan fingerprint density at radius 1 is 1.04 bits per heavy atom. The lowest BCUT2D eigenvalue weighted by atomic mass is 9.97. The first kappa shape index (κ1) is 16.1. The molecule has 1 fully saturated rings. The molecule has 0 N–H and O–H groups in total. The molecular formula is C21H19ClN2O. The van der Waals surface area contributed by atoms with Crippen molar-refractivity contribution in [2.45, 2.75) is 19.8 Å². The number of benzene rings is 2. The van der Waals surface area contributed by atoms with E-state index in [1.165, 1.54) is 0 Å². The number of carbonyl (C=O) groups excluding carboxylic acids is 1. The predicted molar refractivity (Wildman–Crippen MR) is 102 cm³/mol. The van der Waals surface area contributed by atoms with Crippen molar-refractivity contribution in [3.63, 3.8) is 0 Å². The van der Waals surface area contributed by atoms with Crippen LogP contribution in [0.15, 0.2) is 48.5 Å². The van der Waals surface area contributed by atoms with E-state index in [-0.39, 0.29) is 5.91 Å². The van der Waals surface area contributed by atoms with E-state index in [1.807, 2.05) is 60.4 Å². The first-order valence-electron chi connectivity index (χ1n) is 8.60. The van der Waals surface area contributed by atoms with Gasteiger partial charge in [0, 0.05) is 29.1 Å². The van der Waals surface area contributed by atoms with Crippen molar-refractivity contribution >= 4 is 28.4 Å². The van der Waals surface area contributed by atoms with Crippen LogP contribution in [0.5, 0.6) is 0 Å². The SMILES string of the molecule is Cc1c(-c2ccc(Cl)cc2)nc2ccccc2c1C(=O)N1CCCC1. The zero-order chi connectivity index (χ0) is 17.4. The number of amides is 1. The second-order valence-corrected chi connectivity index (χ2v) is 6.92. The molecule has 0 saturated carbocycles. The lowest BCUT2D eigenvalue weighted by molar-refractivity contribution is 0.0794. The maximum atomic E-state index is 13.2. The highest BCUT2D eigenvalue weighted by Gasteiger charge is 2.25. The van der Waals surface area contributed by atoms with Gasteiger partial charge < -0.3 is 4.90 Å². The number of halogens is 1. The number of likely N-dealkylation sites (tertiary alicyclic amines) is 1. The summed E-state index contributed by atoms with van der Waals surface area (Å²) in [6.07, 6.45) is 2.16.